The molecular formula is C12H24N2. The monoisotopic (exact) mass is 196 g/mol. The summed E-state index contributed by atoms with van der Waals surface area (Å²) in [4.78, 5) is 2.63. The first kappa shape index (κ1) is 10.4. The third kappa shape index (κ3) is 1.70. The van der Waals surface area contributed by atoms with Crippen LogP contribution >= 0.6 is 0 Å². The highest BCUT2D eigenvalue weighted by Crippen LogP contribution is 2.44. The van der Waals surface area contributed by atoms with E-state index in [1.165, 1.54) is 45.2 Å². The molecule has 2 N–H and O–H groups in total. The summed E-state index contributed by atoms with van der Waals surface area (Å²) in [7, 11) is 0. The van der Waals surface area contributed by atoms with Crippen LogP contribution < -0.4 is 5.73 Å². The van der Waals surface area contributed by atoms with Crippen LogP contribution in [0, 0.1) is 5.41 Å². The molecule has 2 rings (SSSR count). The standard InChI is InChI=1S/C12H24N2/c1-11(2)5-3-6-12(9-11,10-13)14-7-4-8-14/h3-10,13H2,1-2H3. The minimum Gasteiger partial charge on any atom is -0.329 e. The quantitative estimate of drug-likeness (QED) is 0.732. The third-order valence-electron chi connectivity index (χ3n) is 4.21. The van der Waals surface area contributed by atoms with E-state index in [0.29, 0.717) is 11.0 Å². The molecule has 2 fully saturated rings. The van der Waals surface area contributed by atoms with Crippen LogP contribution in [0.1, 0.15) is 46.0 Å². The van der Waals surface area contributed by atoms with Crippen LogP contribution in [0.15, 0.2) is 0 Å². The predicted octanol–water partition coefficient (Wildman–Crippen LogP) is 1.99. The fraction of sp³-hybridized carbons (Fsp3) is 1.00. The van der Waals surface area contributed by atoms with E-state index in [9.17, 15) is 0 Å². The van der Waals surface area contributed by atoms with Crippen LogP contribution in [-0.4, -0.2) is 30.1 Å². The minimum absolute atomic E-state index is 0.361. The van der Waals surface area contributed by atoms with E-state index in [2.05, 4.69) is 18.7 Å². The predicted molar refractivity (Wildman–Crippen MR) is 60.2 cm³/mol. The highest BCUT2D eigenvalue weighted by Gasteiger charge is 2.44. The van der Waals surface area contributed by atoms with Crippen LogP contribution in [0.2, 0.25) is 0 Å². The summed E-state index contributed by atoms with van der Waals surface area (Å²) < 4.78 is 0. The summed E-state index contributed by atoms with van der Waals surface area (Å²) in [5, 5.41) is 0. The lowest BCUT2D eigenvalue weighted by Gasteiger charge is -2.54. The molecule has 1 saturated heterocycles. The maximum absolute atomic E-state index is 6.03. The van der Waals surface area contributed by atoms with Crippen LogP contribution in [-0.2, 0) is 0 Å². The molecule has 0 aromatic heterocycles. The third-order valence-corrected chi connectivity index (χ3v) is 4.21. The van der Waals surface area contributed by atoms with Crippen molar-refractivity contribution in [3.63, 3.8) is 0 Å². The van der Waals surface area contributed by atoms with Gasteiger partial charge in [0.05, 0.1) is 0 Å². The second-order valence-electron chi connectivity index (χ2n) is 5.96. The SMILES string of the molecule is CC1(C)CCCC(CN)(N2CCC2)C1. The molecule has 0 radical (unpaired) electrons. The molecule has 1 aliphatic carbocycles. The summed E-state index contributed by atoms with van der Waals surface area (Å²) >= 11 is 0. The lowest BCUT2D eigenvalue weighted by atomic mass is 9.66. The Hall–Kier alpha value is -0.0800. The van der Waals surface area contributed by atoms with Crippen LogP contribution in [0.4, 0.5) is 0 Å². The molecule has 1 saturated carbocycles. The Morgan fingerprint density at radius 2 is 1.86 bits per heavy atom. The van der Waals surface area contributed by atoms with Gasteiger partial charge < -0.3 is 5.73 Å². The van der Waals surface area contributed by atoms with Gasteiger partial charge in [0.15, 0.2) is 0 Å². The van der Waals surface area contributed by atoms with E-state index in [1.807, 2.05) is 0 Å². The lowest BCUT2D eigenvalue weighted by molar-refractivity contribution is -0.0273. The van der Waals surface area contributed by atoms with Crippen molar-refractivity contribution in [2.45, 2.75) is 51.5 Å². The number of nitrogens with zero attached hydrogens (tertiary/aromatic N) is 1. The number of hydrogen-bond donors (Lipinski definition) is 1. The van der Waals surface area contributed by atoms with Gasteiger partial charge in [-0.25, -0.2) is 0 Å². The molecule has 1 heterocycles. The topological polar surface area (TPSA) is 29.3 Å². The zero-order valence-electron chi connectivity index (χ0n) is 9.68. The molecule has 1 aliphatic heterocycles. The highest BCUT2D eigenvalue weighted by atomic mass is 15.2. The Morgan fingerprint density at radius 3 is 2.29 bits per heavy atom. The van der Waals surface area contributed by atoms with Crippen molar-refractivity contribution in [3.8, 4) is 0 Å². The lowest BCUT2D eigenvalue weighted by Crippen LogP contribution is -2.62. The number of rotatable bonds is 2. The molecule has 82 valence electrons. The first-order valence-electron chi connectivity index (χ1n) is 6.03. The number of likely N-dealkylation sites (tertiary alicyclic amines) is 1. The minimum atomic E-state index is 0.361. The van der Waals surface area contributed by atoms with Crippen molar-refractivity contribution in [1.82, 2.24) is 4.90 Å². The molecule has 0 spiro atoms. The molecular weight excluding hydrogens is 172 g/mol. The zero-order chi connectivity index (χ0) is 10.2. The van der Waals surface area contributed by atoms with Gasteiger partial charge in [-0.15, -0.1) is 0 Å². The fourth-order valence-corrected chi connectivity index (χ4v) is 3.33. The van der Waals surface area contributed by atoms with E-state index in [-0.39, 0.29) is 0 Å². The van der Waals surface area contributed by atoms with Gasteiger partial charge in [-0.05, 0) is 44.2 Å². The van der Waals surface area contributed by atoms with Gasteiger partial charge >= 0.3 is 0 Å². The molecule has 14 heavy (non-hydrogen) atoms. The Balaban J connectivity index is 2.10. The van der Waals surface area contributed by atoms with Crippen molar-refractivity contribution in [1.29, 1.82) is 0 Å². The molecule has 2 nitrogen and oxygen atoms in total. The van der Waals surface area contributed by atoms with Crippen molar-refractivity contribution in [3.05, 3.63) is 0 Å². The van der Waals surface area contributed by atoms with Crippen molar-refractivity contribution in [2.24, 2.45) is 11.1 Å². The Bertz CT molecular complexity index is 208. The Morgan fingerprint density at radius 1 is 1.14 bits per heavy atom. The second-order valence-corrected chi connectivity index (χ2v) is 5.96. The maximum atomic E-state index is 6.03. The molecule has 1 unspecified atom stereocenters. The molecule has 1 atom stereocenters. The van der Waals surface area contributed by atoms with E-state index in [1.54, 1.807) is 0 Å². The highest BCUT2D eigenvalue weighted by molar-refractivity contribution is 5.01. The van der Waals surface area contributed by atoms with Crippen molar-refractivity contribution in [2.75, 3.05) is 19.6 Å². The Labute approximate surface area is 87.8 Å². The summed E-state index contributed by atoms with van der Waals surface area (Å²) in [5.74, 6) is 0. The van der Waals surface area contributed by atoms with Gasteiger partial charge in [0.25, 0.3) is 0 Å². The second kappa shape index (κ2) is 3.49. The zero-order valence-corrected chi connectivity index (χ0v) is 9.68. The molecule has 0 aromatic rings. The van der Waals surface area contributed by atoms with Gasteiger partial charge in [-0.2, -0.15) is 0 Å². The molecule has 0 amide bonds. The van der Waals surface area contributed by atoms with E-state index in [0.717, 1.165) is 6.54 Å². The van der Waals surface area contributed by atoms with Gasteiger partial charge in [0, 0.05) is 12.1 Å². The smallest absolute Gasteiger partial charge is 0.0336 e. The Kier molecular flexibility index (Phi) is 2.61. The number of nitrogens with two attached hydrogens (primary N) is 1. The molecule has 2 aliphatic rings. The summed E-state index contributed by atoms with van der Waals surface area (Å²) in [6, 6.07) is 0. The van der Waals surface area contributed by atoms with Gasteiger partial charge in [0.2, 0.25) is 0 Å². The van der Waals surface area contributed by atoms with Gasteiger partial charge in [-0.3, -0.25) is 4.90 Å². The van der Waals surface area contributed by atoms with E-state index in [4.69, 9.17) is 5.73 Å². The average Bonchev–Trinajstić information content (AvgIpc) is 1.99. The first-order chi connectivity index (χ1) is 6.58. The van der Waals surface area contributed by atoms with Crippen molar-refractivity contribution < 1.29 is 0 Å². The fourth-order valence-electron chi connectivity index (χ4n) is 3.33. The van der Waals surface area contributed by atoms with Gasteiger partial charge in [0.1, 0.15) is 0 Å². The molecule has 2 heteroatoms. The van der Waals surface area contributed by atoms with Crippen molar-refractivity contribution >= 4 is 0 Å². The summed E-state index contributed by atoms with van der Waals surface area (Å²) in [6.07, 6.45) is 6.74. The molecule has 0 bridgehead atoms. The summed E-state index contributed by atoms with van der Waals surface area (Å²) in [6.45, 7) is 8.23. The van der Waals surface area contributed by atoms with Crippen LogP contribution in [0.3, 0.4) is 0 Å². The van der Waals surface area contributed by atoms with E-state index < -0.39 is 0 Å². The van der Waals surface area contributed by atoms with Crippen LogP contribution in [0.5, 0.6) is 0 Å². The summed E-state index contributed by atoms with van der Waals surface area (Å²) in [5.41, 5.74) is 6.90. The van der Waals surface area contributed by atoms with Gasteiger partial charge in [-0.1, -0.05) is 20.3 Å². The normalized spacial score (nSPS) is 37.9. The number of hydrogen-bond acceptors (Lipinski definition) is 2. The van der Waals surface area contributed by atoms with E-state index >= 15 is 0 Å². The van der Waals surface area contributed by atoms with Crippen LogP contribution in [0.25, 0.3) is 0 Å². The average molecular weight is 196 g/mol. The maximum Gasteiger partial charge on any atom is 0.0336 e. The molecule has 0 aromatic carbocycles. The first-order valence-corrected chi connectivity index (χ1v) is 6.03. The largest absolute Gasteiger partial charge is 0.329 e.